The third-order valence-corrected chi connectivity index (χ3v) is 4.42. The van der Waals surface area contributed by atoms with Gasteiger partial charge in [0.2, 0.25) is 0 Å². The van der Waals surface area contributed by atoms with Crippen molar-refractivity contribution in [3.8, 4) is 5.75 Å². The van der Waals surface area contributed by atoms with E-state index in [-0.39, 0.29) is 0 Å². The summed E-state index contributed by atoms with van der Waals surface area (Å²) in [6, 6.07) is 4.90. The Bertz CT molecular complexity index is 451. The standard InChI is InChI=1S/C16H25NO/c1-10-8-14(18-6)11(2)7-12(10)15(17-5)13-9-16(13,3)4/h7-8,13,15,17H,9H2,1-6H3. The van der Waals surface area contributed by atoms with E-state index in [1.54, 1.807) is 7.11 Å². The predicted octanol–water partition coefficient (Wildman–Crippen LogP) is 3.62. The van der Waals surface area contributed by atoms with Crippen molar-refractivity contribution in [1.82, 2.24) is 5.32 Å². The maximum absolute atomic E-state index is 5.39. The summed E-state index contributed by atoms with van der Waals surface area (Å²) >= 11 is 0. The van der Waals surface area contributed by atoms with Crippen LogP contribution in [0.5, 0.6) is 5.75 Å². The van der Waals surface area contributed by atoms with Gasteiger partial charge in [-0.05, 0) is 61.4 Å². The zero-order valence-corrected chi connectivity index (χ0v) is 12.4. The van der Waals surface area contributed by atoms with E-state index in [1.807, 2.05) is 0 Å². The molecule has 1 aliphatic carbocycles. The minimum atomic E-state index is 0.463. The van der Waals surface area contributed by atoms with Crippen LogP contribution in [0.25, 0.3) is 0 Å². The van der Waals surface area contributed by atoms with Crippen molar-refractivity contribution in [2.45, 2.75) is 40.2 Å². The second-order valence-corrected chi connectivity index (χ2v) is 6.24. The summed E-state index contributed by atoms with van der Waals surface area (Å²) in [5.74, 6) is 1.73. The first-order chi connectivity index (χ1) is 8.40. The van der Waals surface area contributed by atoms with Gasteiger partial charge >= 0.3 is 0 Å². The van der Waals surface area contributed by atoms with E-state index in [9.17, 15) is 0 Å². The smallest absolute Gasteiger partial charge is 0.122 e. The number of hydrogen-bond acceptors (Lipinski definition) is 2. The van der Waals surface area contributed by atoms with E-state index >= 15 is 0 Å². The Morgan fingerprint density at radius 1 is 1.28 bits per heavy atom. The lowest BCUT2D eigenvalue weighted by atomic mass is 9.92. The van der Waals surface area contributed by atoms with Crippen molar-refractivity contribution in [2.75, 3.05) is 14.2 Å². The largest absolute Gasteiger partial charge is 0.496 e. The highest BCUT2D eigenvalue weighted by Gasteiger charge is 2.50. The third-order valence-electron chi connectivity index (χ3n) is 4.42. The molecule has 1 aliphatic rings. The molecule has 1 saturated carbocycles. The van der Waals surface area contributed by atoms with Gasteiger partial charge in [-0.2, -0.15) is 0 Å². The summed E-state index contributed by atoms with van der Waals surface area (Å²) in [6.07, 6.45) is 1.31. The summed E-state index contributed by atoms with van der Waals surface area (Å²) < 4.78 is 5.39. The van der Waals surface area contributed by atoms with E-state index in [0.717, 1.165) is 11.7 Å². The van der Waals surface area contributed by atoms with Crippen LogP contribution in [-0.2, 0) is 0 Å². The SMILES string of the molecule is CNC(c1cc(C)c(OC)cc1C)C1CC1(C)C. The van der Waals surface area contributed by atoms with Gasteiger partial charge in [0, 0.05) is 6.04 Å². The number of aryl methyl sites for hydroxylation is 2. The van der Waals surface area contributed by atoms with Gasteiger partial charge in [-0.15, -0.1) is 0 Å². The molecule has 0 aromatic heterocycles. The fourth-order valence-electron chi connectivity index (χ4n) is 3.02. The quantitative estimate of drug-likeness (QED) is 0.877. The molecule has 1 fully saturated rings. The van der Waals surface area contributed by atoms with Crippen molar-refractivity contribution in [1.29, 1.82) is 0 Å². The van der Waals surface area contributed by atoms with Gasteiger partial charge < -0.3 is 10.1 Å². The molecular formula is C16H25NO. The molecule has 0 amide bonds. The summed E-state index contributed by atoms with van der Waals surface area (Å²) in [4.78, 5) is 0. The highest BCUT2D eigenvalue weighted by atomic mass is 16.5. The van der Waals surface area contributed by atoms with E-state index in [0.29, 0.717) is 11.5 Å². The Labute approximate surface area is 111 Å². The Morgan fingerprint density at radius 2 is 1.89 bits per heavy atom. The van der Waals surface area contributed by atoms with Crippen molar-refractivity contribution in [2.24, 2.45) is 11.3 Å². The molecule has 2 rings (SSSR count). The summed E-state index contributed by atoms with van der Waals surface area (Å²) in [5, 5.41) is 3.50. The van der Waals surface area contributed by atoms with E-state index < -0.39 is 0 Å². The second-order valence-electron chi connectivity index (χ2n) is 6.24. The number of methoxy groups -OCH3 is 1. The molecule has 2 heteroatoms. The van der Waals surface area contributed by atoms with E-state index in [1.165, 1.54) is 23.1 Å². The lowest BCUT2D eigenvalue weighted by Gasteiger charge is -2.22. The third kappa shape index (κ3) is 2.26. The molecular weight excluding hydrogens is 222 g/mol. The van der Waals surface area contributed by atoms with Gasteiger partial charge in [-0.25, -0.2) is 0 Å². The molecule has 100 valence electrons. The number of benzene rings is 1. The van der Waals surface area contributed by atoms with Gasteiger partial charge in [-0.1, -0.05) is 19.9 Å². The highest BCUT2D eigenvalue weighted by Crippen LogP contribution is 2.58. The van der Waals surface area contributed by atoms with Crippen LogP contribution in [-0.4, -0.2) is 14.2 Å². The Hall–Kier alpha value is -1.02. The fraction of sp³-hybridized carbons (Fsp3) is 0.625. The average Bonchev–Trinajstić information content (AvgIpc) is 2.93. The Morgan fingerprint density at radius 3 is 2.33 bits per heavy atom. The molecule has 0 aliphatic heterocycles. The minimum Gasteiger partial charge on any atom is -0.496 e. The number of hydrogen-bond donors (Lipinski definition) is 1. The first-order valence-electron chi connectivity index (χ1n) is 6.73. The summed E-state index contributed by atoms with van der Waals surface area (Å²) in [7, 11) is 3.80. The molecule has 0 spiro atoms. The van der Waals surface area contributed by atoms with Gasteiger partial charge in [0.25, 0.3) is 0 Å². The summed E-state index contributed by atoms with van der Waals surface area (Å²) in [6.45, 7) is 9.00. The molecule has 2 nitrogen and oxygen atoms in total. The fourth-order valence-corrected chi connectivity index (χ4v) is 3.02. The van der Waals surface area contributed by atoms with Crippen molar-refractivity contribution in [3.05, 3.63) is 28.8 Å². The number of nitrogens with one attached hydrogen (secondary N) is 1. The van der Waals surface area contributed by atoms with Crippen LogP contribution in [0, 0.1) is 25.2 Å². The molecule has 0 saturated heterocycles. The molecule has 1 N–H and O–H groups in total. The molecule has 1 aromatic carbocycles. The predicted molar refractivity (Wildman–Crippen MR) is 76.2 cm³/mol. The van der Waals surface area contributed by atoms with Crippen LogP contribution in [0.15, 0.2) is 12.1 Å². The van der Waals surface area contributed by atoms with Crippen LogP contribution in [0.1, 0.15) is 43.0 Å². The molecule has 0 bridgehead atoms. The maximum Gasteiger partial charge on any atom is 0.122 e. The van der Waals surface area contributed by atoms with Crippen molar-refractivity contribution in [3.63, 3.8) is 0 Å². The van der Waals surface area contributed by atoms with Crippen molar-refractivity contribution < 1.29 is 4.74 Å². The van der Waals surface area contributed by atoms with Crippen LogP contribution in [0.4, 0.5) is 0 Å². The molecule has 2 unspecified atom stereocenters. The molecule has 18 heavy (non-hydrogen) atoms. The zero-order chi connectivity index (χ0) is 13.5. The topological polar surface area (TPSA) is 21.3 Å². The number of ether oxygens (including phenoxy) is 1. The lowest BCUT2D eigenvalue weighted by molar-refractivity contribution is 0.409. The highest BCUT2D eigenvalue weighted by molar-refractivity contribution is 5.43. The molecule has 1 aromatic rings. The van der Waals surface area contributed by atoms with Crippen LogP contribution < -0.4 is 10.1 Å². The zero-order valence-electron chi connectivity index (χ0n) is 12.4. The Kier molecular flexibility index (Phi) is 3.41. The van der Waals surface area contributed by atoms with Crippen LogP contribution in [0.3, 0.4) is 0 Å². The lowest BCUT2D eigenvalue weighted by Crippen LogP contribution is -2.21. The number of rotatable bonds is 4. The average molecular weight is 247 g/mol. The van der Waals surface area contributed by atoms with Gasteiger partial charge in [0.05, 0.1) is 7.11 Å². The summed E-state index contributed by atoms with van der Waals surface area (Å²) in [5.41, 5.74) is 4.44. The van der Waals surface area contributed by atoms with Crippen LogP contribution in [0.2, 0.25) is 0 Å². The normalized spacial score (nSPS) is 22.7. The first-order valence-corrected chi connectivity index (χ1v) is 6.73. The van der Waals surface area contributed by atoms with Crippen LogP contribution >= 0.6 is 0 Å². The molecule has 0 radical (unpaired) electrons. The van der Waals surface area contributed by atoms with Crippen molar-refractivity contribution >= 4 is 0 Å². The first kappa shape index (κ1) is 13.4. The molecule has 0 heterocycles. The monoisotopic (exact) mass is 247 g/mol. The molecule has 2 atom stereocenters. The van der Waals surface area contributed by atoms with Gasteiger partial charge in [0.15, 0.2) is 0 Å². The minimum absolute atomic E-state index is 0.463. The Balaban J connectivity index is 2.35. The van der Waals surface area contributed by atoms with E-state index in [4.69, 9.17) is 4.74 Å². The van der Waals surface area contributed by atoms with Gasteiger partial charge in [0.1, 0.15) is 5.75 Å². The maximum atomic E-state index is 5.39. The van der Waals surface area contributed by atoms with Gasteiger partial charge in [-0.3, -0.25) is 0 Å². The second kappa shape index (κ2) is 4.58. The van der Waals surface area contributed by atoms with E-state index in [2.05, 4.69) is 52.2 Å².